The van der Waals surface area contributed by atoms with Crippen LogP contribution in [0.4, 0.5) is 0 Å². The van der Waals surface area contributed by atoms with Crippen LogP contribution in [0.2, 0.25) is 0 Å². The molecule has 3 nitrogen and oxygen atoms in total. The van der Waals surface area contributed by atoms with Crippen molar-refractivity contribution < 1.29 is 9.76 Å². The fraction of sp³-hybridized carbons (Fsp3) is 1.00. The number of hydrogen-bond acceptors (Lipinski definition) is 3. The van der Waals surface area contributed by atoms with E-state index < -0.39 is 0 Å². The average Bonchev–Trinajstić information content (AvgIpc) is 2.47. The van der Waals surface area contributed by atoms with Crippen molar-refractivity contribution in [2.75, 3.05) is 13.7 Å². The maximum absolute atomic E-state index is 9.56. The molecule has 1 N–H and O–H groups in total. The first-order valence-electron chi connectivity index (χ1n) is 5.11. The molecule has 0 aromatic rings. The zero-order valence-corrected chi connectivity index (χ0v) is 8.15. The van der Waals surface area contributed by atoms with Crippen LogP contribution in [-0.2, 0) is 4.65 Å². The smallest absolute Gasteiger partial charge is 0.398 e. The van der Waals surface area contributed by atoms with Gasteiger partial charge in [0.15, 0.2) is 0 Å². The van der Waals surface area contributed by atoms with Crippen LogP contribution in [-0.4, -0.2) is 43.3 Å². The summed E-state index contributed by atoms with van der Waals surface area (Å²) in [5.74, 6) is 0.690. The number of hydrogen-bond donors (Lipinski definition) is 1. The molecule has 1 radical (unpaired) electrons. The largest absolute Gasteiger partial charge is 0.427 e. The van der Waals surface area contributed by atoms with Crippen molar-refractivity contribution >= 4 is 7.62 Å². The number of aliphatic hydroxyl groups excluding tert-OH is 1. The van der Waals surface area contributed by atoms with Crippen LogP contribution in [0.1, 0.15) is 25.7 Å². The normalized spacial score (nSPS) is 40.3. The fourth-order valence-electron chi connectivity index (χ4n) is 2.76. The van der Waals surface area contributed by atoms with Crippen LogP contribution in [0.5, 0.6) is 0 Å². The van der Waals surface area contributed by atoms with E-state index in [1.54, 1.807) is 7.11 Å². The van der Waals surface area contributed by atoms with Crippen molar-refractivity contribution in [2.24, 2.45) is 5.92 Å². The quantitative estimate of drug-likeness (QED) is 0.627. The summed E-state index contributed by atoms with van der Waals surface area (Å²) in [4.78, 5) is 2.25. The molecular formula is C9H17BNO2. The molecule has 1 aliphatic heterocycles. The van der Waals surface area contributed by atoms with E-state index in [1.807, 2.05) is 7.62 Å². The highest BCUT2D eigenvalue weighted by Crippen LogP contribution is 2.36. The second-order valence-electron chi connectivity index (χ2n) is 4.17. The lowest BCUT2D eigenvalue weighted by atomic mass is 9.88. The number of nitrogens with zero attached hydrogens (tertiary/aromatic N) is 1. The topological polar surface area (TPSA) is 32.7 Å². The van der Waals surface area contributed by atoms with E-state index in [2.05, 4.69) is 4.81 Å². The Hall–Kier alpha value is -0.0551. The summed E-state index contributed by atoms with van der Waals surface area (Å²) in [7, 11) is 3.50. The summed E-state index contributed by atoms with van der Waals surface area (Å²) < 4.78 is 5.04. The van der Waals surface area contributed by atoms with E-state index in [1.165, 1.54) is 12.8 Å². The minimum absolute atomic E-state index is 0.0825. The van der Waals surface area contributed by atoms with Crippen LogP contribution in [0, 0.1) is 5.92 Å². The van der Waals surface area contributed by atoms with E-state index in [4.69, 9.17) is 4.65 Å². The van der Waals surface area contributed by atoms with Crippen LogP contribution in [0.3, 0.4) is 0 Å². The van der Waals surface area contributed by atoms with E-state index in [9.17, 15) is 5.11 Å². The van der Waals surface area contributed by atoms with Crippen LogP contribution in [0.25, 0.3) is 0 Å². The van der Waals surface area contributed by atoms with E-state index in [-0.39, 0.29) is 6.10 Å². The Kier molecular flexibility index (Phi) is 2.91. The van der Waals surface area contributed by atoms with Crippen molar-refractivity contribution in [3.05, 3.63) is 0 Å². The Morgan fingerprint density at radius 2 is 2.31 bits per heavy atom. The molecule has 0 spiro atoms. The van der Waals surface area contributed by atoms with Gasteiger partial charge in [0.25, 0.3) is 0 Å². The molecule has 1 aliphatic carbocycles. The molecule has 0 bridgehead atoms. The summed E-state index contributed by atoms with van der Waals surface area (Å²) in [6.45, 7) is 1.09. The van der Waals surface area contributed by atoms with Gasteiger partial charge in [0.05, 0.1) is 6.10 Å². The van der Waals surface area contributed by atoms with Crippen molar-refractivity contribution in [1.82, 2.24) is 4.81 Å². The summed E-state index contributed by atoms with van der Waals surface area (Å²) >= 11 is 0. The molecule has 13 heavy (non-hydrogen) atoms. The first-order valence-corrected chi connectivity index (χ1v) is 5.11. The van der Waals surface area contributed by atoms with Crippen LogP contribution >= 0.6 is 0 Å². The monoisotopic (exact) mass is 182 g/mol. The Morgan fingerprint density at radius 3 is 3.08 bits per heavy atom. The fourth-order valence-corrected chi connectivity index (χ4v) is 2.76. The summed E-state index contributed by atoms with van der Waals surface area (Å²) in [5, 5.41) is 9.56. The molecule has 0 aromatic heterocycles. The second kappa shape index (κ2) is 3.99. The molecule has 1 heterocycles. The molecule has 1 unspecified atom stereocenters. The lowest BCUT2D eigenvalue weighted by Crippen LogP contribution is -2.45. The maximum atomic E-state index is 9.56. The highest BCUT2D eigenvalue weighted by atomic mass is 16.4. The molecule has 0 amide bonds. The van der Waals surface area contributed by atoms with Gasteiger partial charge in [0.1, 0.15) is 0 Å². The predicted molar refractivity (Wildman–Crippen MR) is 51.2 cm³/mol. The third-order valence-corrected chi connectivity index (χ3v) is 3.29. The van der Waals surface area contributed by atoms with E-state index in [0.29, 0.717) is 12.0 Å². The molecule has 2 aliphatic rings. The van der Waals surface area contributed by atoms with Gasteiger partial charge in [0.2, 0.25) is 0 Å². The number of piperidine rings is 1. The zero-order valence-electron chi connectivity index (χ0n) is 8.15. The molecule has 4 heteroatoms. The minimum Gasteiger partial charge on any atom is -0.427 e. The van der Waals surface area contributed by atoms with Crippen molar-refractivity contribution in [3.63, 3.8) is 0 Å². The zero-order chi connectivity index (χ0) is 9.26. The Balaban J connectivity index is 1.97. The van der Waals surface area contributed by atoms with E-state index in [0.717, 1.165) is 19.4 Å². The Morgan fingerprint density at radius 1 is 1.46 bits per heavy atom. The summed E-state index contributed by atoms with van der Waals surface area (Å²) in [6.07, 6.45) is 4.33. The lowest BCUT2D eigenvalue weighted by molar-refractivity contribution is 0.168. The van der Waals surface area contributed by atoms with Gasteiger partial charge in [-0.3, -0.25) is 0 Å². The number of fused-ring (bicyclic) bond motifs is 1. The van der Waals surface area contributed by atoms with Gasteiger partial charge >= 0.3 is 7.62 Å². The summed E-state index contributed by atoms with van der Waals surface area (Å²) in [6, 6.07) is 0.531. The first-order chi connectivity index (χ1) is 6.31. The van der Waals surface area contributed by atoms with Gasteiger partial charge in [0, 0.05) is 13.2 Å². The van der Waals surface area contributed by atoms with E-state index >= 15 is 0 Å². The van der Waals surface area contributed by atoms with Gasteiger partial charge in [-0.25, -0.2) is 0 Å². The molecule has 1 saturated carbocycles. The Labute approximate surface area is 80.4 Å². The standard InChI is InChI=1S/C9H17BNO2/c1-13-10-11-4-2-3-7-5-8(12)6-9(7)11/h7-9,12H,2-6H2,1H3/t7-,8+,9?/m0/s1. The third-order valence-electron chi connectivity index (χ3n) is 3.29. The maximum Gasteiger partial charge on any atom is 0.398 e. The lowest BCUT2D eigenvalue weighted by Gasteiger charge is -2.36. The van der Waals surface area contributed by atoms with Gasteiger partial charge in [-0.15, -0.1) is 0 Å². The van der Waals surface area contributed by atoms with Crippen LogP contribution < -0.4 is 0 Å². The first kappa shape index (κ1) is 9.50. The van der Waals surface area contributed by atoms with Gasteiger partial charge in [-0.1, -0.05) is 0 Å². The van der Waals surface area contributed by atoms with Crippen molar-refractivity contribution in [2.45, 2.75) is 37.8 Å². The molecule has 0 aromatic carbocycles. The number of aliphatic hydroxyl groups is 1. The summed E-state index contributed by atoms with van der Waals surface area (Å²) in [5.41, 5.74) is 0. The van der Waals surface area contributed by atoms with Gasteiger partial charge in [-0.2, -0.15) is 0 Å². The molecule has 73 valence electrons. The molecule has 1 saturated heterocycles. The second-order valence-corrected chi connectivity index (χ2v) is 4.17. The van der Waals surface area contributed by atoms with Gasteiger partial charge in [-0.05, 0) is 38.1 Å². The van der Waals surface area contributed by atoms with Crippen molar-refractivity contribution in [1.29, 1.82) is 0 Å². The Bertz CT molecular complexity index is 177. The average molecular weight is 182 g/mol. The van der Waals surface area contributed by atoms with Gasteiger partial charge < -0.3 is 14.6 Å². The predicted octanol–water partition coefficient (Wildman–Crippen LogP) is 0.402. The SMILES string of the molecule is CO[B]N1CCC[C@H]2C[C@@H](O)CC21. The third kappa shape index (κ3) is 1.90. The minimum atomic E-state index is -0.0825. The van der Waals surface area contributed by atoms with Crippen molar-refractivity contribution in [3.8, 4) is 0 Å². The highest BCUT2D eigenvalue weighted by Gasteiger charge is 2.39. The highest BCUT2D eigenvalue weighted by molar-refractivity contribution is 6.23. The van der Waals surface area contributed by atoms with Crippen LogP contribution in [0.15, 0.2) is 0 Å². The molecule has 2 rings (SSSR count). The molecule has 3 atom stereocenters. The molecular weight excluding hydrogens is 165 g/mol. The number of rotatable bonds is 2. The molecule has 2 fully saturated rings.